The van der Waals surface area contributed by atoms with Gasteiger partial charge in [-0.05, 0) is 23.8 Å². The molecule has 1 aliphatic heterocycles. The van der Waals surface area contributed by atoms with Gasteiger partial charge in [0.05, 0.1) is 36.5 Å². The largest absolute Gasteiger partial charge is 0.345 e. The van der Waals surface area contributed by atoms with E-state index in [-0.39, 0.29) is 5.56 Å². The maximum Gasteiger partial charge on any atom is 0.268 e. The van der Waals surface area contributed by atoms with Crippen molar-refractivity contribution >= 4 is 35.0 Å². The predicted octanol–water partition coefficient (Wildman–Crippen LogP) is 2.62. The van der Waals surface area contributed by atoms with Gasteiger partial charge < -0.3 is 15.2 Å². The lowest BCUT2D eigenvalue weighted by Crippen LogP contribution is -2.43. The van der Waals surface area contributed by atoms with Gasteiger partial charge in [-0.2, -0.15) is 5.26 Å². The minimum absolute atomic E-state index is 0.273. The minimum Gasteiger partial charge on any atom is -0.345 e. The van der Waals surface area contributed by atoms with Gasteiger partial charge in [-0.15, -0.1) is 0 Å². The van der Waals surface area contributed by atoms with Crippen LogP contribution in [0.25, 0.3) is 23.2 Å². The predicted molar refractivity (Wildman–Crippen MR) is 112 cm³/mol. The van der Waals surface area contributed by atoms with Crippen LogP contribution in [0.2, 0.25) is 0 Å². The van der Waals surface area contributed by atoms with Gasteiger partial charge in [-0.3, -0.25) is 14.6 Å². The van der Waals surface area contributed by atoms with Crippen LogP contribution in [-0.4, -0.2) is 56.7 Å². The second-order valence-electron chi connectivity index (χ2n) is 7.38. The van der Waals surface area contributed by atoms with Gasteiger partial charge in [-0.1, -0.05) is 18.2 Å². The summed E-state index contributed by atoms with van der Waals surface area (Å²) in [6.07, 6.45) is 7.38. The first-order valence-corrected chi connectivity index (χ1v) is 9.77. The molecule has 10 heteroatoms. The van der Waals surface area contributed by atoms with Crippen LogP contribution >= 0.6 is 0 Å². The molecule has 3 heterocycles. The van der Waals surface area contributed by atoms with Crippen molar-refractivity contribution in [2.45, 2.75) is 18.4 Å². The van der Waals surface area contributed by atoms with Crippen LogP contribution in [-0.2, 0) is 4.79 Å². The SMILES string of the molecule is N#C[C@@H]1CC(F)(F)CN1C(=O)CNC(=O)c1ccncc1/C=C/c1ccc2nc[nH]c2c1. The zero-order chi connectivity index (χ0) is 22.7. The normalized spacial score (nSPS) is 17.5. The van der Waals surface area contributed by atoms with E-state index in [4.69, 9.17) is 5.26 Å². The molecule has 1 aromatic carbocycles. The highest BCUT2D eigenvalue weighted by molar-refractivity contribution is 6.00. The van der Waals surface area contributed by atoms with Crippen molar-refractivity contribution in [1.29, 1.82) is 5.26 Å². The topological polar surface area (TPSA) is 115 Å². The number of carbonyl (C=O) groups excluding carboxylic acids is 2. The van der Waals surface area contributed by atoms with Crippen molar-refractivity contribution in [2.75, 3.05) is 13.1 Å². The average Bonchev–Trinajstić information content (AvgIpc) is 3.38. The van der Waals surface area contributed by atoms with Gasteiger partial charge in [0.15, 0.2) is 0 Å². The lowest BCUT2D eigenvalue weighted by Gasteiger charge is -2.19. The Labute approximate surface area is 181 Å². The summed E-state index contributed by atoms with van der Waals surface area (Å²) in [6, 6.07) is 7.66. The van der Waals surface area contributed by atoms with Crippen LogP contribution in [0.15, 0.2) is 43.0 Å². The molecule has 0 saturated carbocycles. The summed E-state index contributed by atoms with van der Waals surface area (Å²) in [4.78, 5) is 37.0. The summed E-state index contributed by atoms with van der Waals surface area (Å²) in [5, 5.41) is 11.5. The molecule has 1 fully saturated rings. The van der Waals surface area contributed by atoms with Crippen LogP contribution in [0.1, 0.15) is 27.9 Å². The number of rotatable bonds is 5. The number of hydrogen-bond donors (Lipinski definition) is 2. The second-order valence-corrected chi connectivity index (χ2v) is 7.38. The molecule has 1 saturated heterocycles. The van der Waals surface area contributed by atoms with E-state index in [1.54, 1.807) is 18.5 Å². The molecule has 8 nitrogen and oxygen atoms in total. The van der Waals surface area contributed by atoms with Crippen molar-refractivity contribution in [3.8, 4) is 6.07 Å². The van der Waals surface area contributed by atoms with E-state index in [2.05, 4.69) is 20.3 Å². The number of fused-ring (bicyclic) bond motifs is 1. The van der Waals surface area contributed by atoms with Gasteiger partial charge in [-0.25, -0.2) is 13.8 Å². The molecule has 32 heavy (non-hydrogen) atoms. The number of aromatic amines is 1. The number of amides is 2. The number of likely N-dealkylation sites (tertiary alicyclic amines) is 1. The number of halogens is 2. The van der Waals surface area contributed by atoms with Gasteiger partial charge in [0.1, 0.15) is 6.04 Å². The van der Waals surface area contributed by atoms with E-state index in [0.717, 1.165) is 21.5 Å². The zero-order valence-electron chi connectivity index (χ0n) is 16.8. The van der Waals surface area contributed by atoms with Gasteiger partial charge >= 0.3 is 0 Å². The molecule has 0 bridgehead atoms. The minimum atomic E-state index is -3.11. The summed E-state index contributed by atoms with van der Waals surface area (Å²) in [5.41, 5.74) is 3.38. The lowest BCUT2D eigenvalue weighted by atomic mass is 10.1. The van der Waals surface area contributed by atoms with Crippen LogP contribution in [0.3, 0.4) is 0 Å². The third-order valence-electron chi connectivity index (χ3n) is 5.14. The van der Waals surface area contributed by atoms with Gasteiger partial charge in [0.25, 0.3) is 11.8 Å². The average molecular weight is 436 g/mol. The molecular formula is C22H18F2N6O2. The first-order valence-electron chi connectivity index (χ1n) is 9.77. The summed E-state index contributed by atoms with van der Waals surface area (Å²) in [6.45, 7) is -1.32. The highest BCUT2D eigenvalue weighted by atomic mass is 19.3. The Morgan fingerprint density at radius 2 is 2.19 bits per heavy atom. The number of aromatic nitrogens is 3. The summed E-state index contributed by atoms with van der Waals surface area (Å²) in [5.74, 6) is -4.40. The lowest BCUT2D eigenvalue weighted by molar-refractivity contribution is -0.131. The zero-order valence-corrected chi connectivity index (χ0v) is 16.8. The Balaban J connectivity index is 1.44. The van der Waals surface area contributed by atoms with Crippen LogP contribution in [0, 0.1) is 11.3 Å². The Hall–Kier alpha value is -4.13. The summed E-state index contributed by atoms with van der Waals surface area (Å²) in [7, 11) is 0. The smallest absolute Gasteiger partial charge is 0.268 e. The molecule has 0 spiro atoms. The molecule has 0 unspecified atom stereocenters. The van der Waals surface area contributed by atoms with Crippen molar-refractivity contribution in [3.63, 3.8) is 0 Å². The monoisotopic (exact) mass is 436 g/mol. The standard InChI is InChI=1S/C22H18F2N6O2/c23-22(24)8-16(9-25)30(12-22)20(31)11-27-21(32)17-5-6-26-10-15(17)3-1-14-2-4-18-19(7-14)29-13-28-18/h1-7,10,13,16H,8,11-12H2,(H,27,32)(H,28,29)/b3-1+/t16-/m0/s1. The molecule has 2 N–H and O–H groups in total. The van der Waals surface area contributed by atoms with Gasteiger partial charge in [0.2, 0.25) is 5.91 Å². The molecule has 1 aliphatic rings. The summed E-state index contributed by atoms with van der Waals surface area (Å²) < 4.78 is 27.1. The number of H-pyrrole nitrogens is 1. The molecule has 1 atom stereocenters. The number of benzene rings is 1. The van der Waals surface area contributed by atoms with E-state index >= 15 is 0 Å². The van der Waals surface area contributed by atoms with E-state index in [0.29, 0.717) is 5.56 Å². The highest BCUT2D eigenvalue weighted by Gasteiger charge is 2.47. The van der Waals surface area contributed by atoms with Crippen molar-refractivity contribution in [3.05, 3.63) is 59.7 Å². The van der Waals surface area contributed by atoms with E-state index in [1.165, 1.54) is 18.5 Å². The Morgan fingerprint density at radius 3 is 3.00 bits per heavy atom. The molecule has 2 aromatic heterocycles. The maximum absolute atomic E-state index is 13.5. The van der Waals surface area contributed by atoms with Crippen molar-refractivity contribution in [1.82, 2.24) is 25.2 Å². The summed E-state index contributed by atoms with van der Waals surface area (Å²) >= 11 is 0. The Kier molecular flexibility index (Phi) is 5.64. The fourth-order valence-corrected chi connectivity index (χ4v) is 3.54. The number of alkyl halides is 2. The van der Waals surface area contributed by atoms with Crippen molar-refractivity contribution < 1.29 is 18.4 Å². The highest BCUT2D eigenvalue weighted by Crippen LogP contribution is 2.31. The van der Waals surface area contributed by atoms with E-state index in [9.17, 15) is 18.4 Å². The molecule has 0 radical (unpaired) electrons. The number of pyridine rings is 1. The first-order chi connectivity index (χ1) is 15.4. The Bertz CT molecular complexity index is 1250. The van der Waals surface area contributed by atoms with Crippen LogP contribution in [0.5, 0.6) is 0 Å². The molecule has 2 amide bonds. The van der Waals surface area contributed by atoms with Crippen molar-refractivity contribution in [2.24, 2.45) is 0 Å². The number of imidazole rings is 1. The fraction of sp³-hybridized carbons (Fsp3) is 0.227. The number of nitrogens with zero attached hydrogens (tertiary/aromatic N) is 4. The van der Waals surface area contributed by atoms with Crippen LogP contribution in [0.4, 0.5) is 8.78 Å². The number of nitriles is 1. The molecule has 3 aromatic rings. The molecule has 0 aliphatic carbocycles. The molecule has 4 rings (SSSR count). The number of carbonyl (C=O) groups is 2. The second kappa shape index (κ2) is 8.55. The van der Waals surface area contributed by atoms with E-state index < -0.39 is 43.3 Å². The molecular weight excluding hydrogens is 418 g/mol. The van der Waals surface area contributed by atoms with Gasteiger partial charge in [0, 0.05) is 29.9 Å². The van der Waals surface area contributed by atoms with Crippen LogP contribution < -0.4 is 5.32 Å². The molecule has 162 valence electrons. The Morgan fingerprint density at radius 1 is 1.34 bits per heavy atom. The first kappa shape index (κ1) is 21.1. The third-order valence-corrected chi connectivity index (χ3v) is 5.14. The third kappa shape index (κ3) is 4.46. The maximum atomic E-state index is 13.5. The number of nitrogens with one attached hydrogen (secondary N) is 2. The fourth-order valence-electron chi connectivity index (χ4n) is 3.54. The van der Waals surface area contributed by atoms with E-state index in [1.807, 2.05) is 24.3 Å². The quantitative estimate of drug-likeness (QED) is 0.638. The number of hydrogen-bond acceptors (Lipinski definition) is 5.